The number of hydrogen-bond acceptors (Lipinski definition) is 3. The van der Waals surface area contributed by atoms with E-state index in [2.05, 4.69) is 28.2 Å². The monoisotopic (exact) mass is 354 g/mol. The normalized spacial score (nSPS) is 21.8. The minimum Gasteiger partial charge on any atom is -0.349 e. The van der Waals surface area contributed by atoms with Gasteiger partial charge in [-0.2, -0.15) is 0 Å². The van der Waals surface area contributed by atoms with Crippen molar-refractivity contribution in [2.45, 2.75) is 45.1 Å². The Kier molecular flexibility index (Phi) is 5.33. The number of amides is 1. The van der Waals surface area contributed by atoms with E-state index in [1.54, 1.807) is 6.07 Å². The van der Waals surface area contributed by atoms with Gasteiger partial charge in [0.1, 0.15) is 0 Å². The molecule has 1 aliphatic rings. The summed E-state index contributed by atoms with van der Waals surface area (Å²) < 4.78 is 0.577. The summed E-state index contributed by atoms with van der Waals surface area (Å²) in [6.07, 6.45) is 5.46. The van der Waals surface area contributed by atoms with Crippen LogP contribution in [0.2, 0.25) is 0 Å². The predicted molar refractivity (Wildman–Crippen MR) is 84.3 cm³/mol. The minimum absolute atomic E-state index is 0.0709. The summed E-state index contributed by atoms with van der Waals surface area (Å²) in [5.74, 6) is 0.421. The average Bonchev–Trinajstić information content (AvgIpc) is 2.47. The Hall–Kier alpha value is -1.43. The molecule has 0 radical (unpaired) electrons. The SMILES string of the molecule is CCC1CCCC(NC(=O)c2cc([N+](=O)[O-])ccc2Br)C1. The first kappa shape index (κ1) is 15.9. The van der Waals surface area contributed by atoms with Crippen LogP contribution in [-0.4, -0.2) is 16.9 Å². The van der Waals surface area contributed by atoms with Crippen LogP contribution in [0.15, 0.2) is 22.7 Å². The fourth-order valence-corrected chi connectivity index (χ4v) is 3.28. The van der Waals surface area contributed by atoms with Gasteiger partial charge in [-0.3, -0.25) is 14.9 Å². The number of benzene rings is 1. The molecule has 2 unspecified atom stereocenters. The van der Waals surface area contributed by atoms with Gasteiger partial charge in [-0.25, -0.2) is 0 Å². The van der Waals surface area contributed by atoms with E-state index < -0.39 is 4.92 Å². The van der Waals surface area contributed by atoms with E-state index in [0.29, 0.717) is 16.0 Å². The maximum atomic E-state index is 12.3. The van der Waals surface area contributed by atoms with Crippen LogP contribution in [0, 0.1) is 16.0 Å². The van der Waals surface area contributed by atoms with E-state index in [0.717, 1.165) is 25.7 Å². The van der Waals surface area contributed by atoms with Gasteiger partial charge in [0.05, 0.1) is 10.5 Å². The number of non-ortho nitro benzene ring substituents is 1. The van der Waals surface area contributed by atoms with Crippen molar-refractivity contribution in [3.63, 3.8) is 0 Å². The fourth-order valence-electron chi connectivity index (χ4n) is 2.86. The highest BCUT2D eigenvalue weighted by molar-refractivity contribution is 9.10. The number of nitro groups is 1. The maximum Gasteiger partial charge on any atom is 0.270 e. The molecule has 0 bridgehead atoms. The molecule has 1 N–H and O–H groups in total. The molecule has 2 rings (SSSR count). The van der Waals surface area contributed by atoms with Crippen LogP contribution in [0.25, 0.3) is 0 Å². The number of carbonyl (C=O) groups excluding carboxylic acids is 1. The Balaban J connectivity index is 2.09. The van der Waals surface area contributed by atoms with Gasteiger partial charge in [-0.05, 0) is 40.8 Å². The van der Waals surface area contributed by atoms with E-state index in [4.69, 9.17) is 0 Å². The van der Waals surface area contributed by atoms with E-state index in [-0.39, 0.29) is 17.6 Å². The zero-order chi connectivity index (χ0) is 15.4. The molecule has 0 saturated heterocycles. The van der Waals surface area contributed by atoms with Crippen molar-refractivity contribution in [3.8, 4) is 0 Å². The minimum atomic E-state index is -0.489. The average molecular weight is 355 g/mol. The van der Waals surface area contributed by atoms with Gasteiger partial charge in [-0.1, -0.05) is 26.2 Å². The maximum absolute atomic E-state index is 12.3. The van der Waals surface area contributed by atoms with Crippen LogP contribution in [0.3, 0.4) is 0 Å². The number of nitrogens with zero attached hydrogens (tertiary/aromatic N) is 1. The highest BCUT2D eigenvalue weighted by Gasteiger charge is 2.24. The van der Waals surface area contributed by atoms with Crippen LogP contribution >= 0.6 is 15.9 Å². The molecule has 5 nitrogen and oxygen atoms in total. The number of nitrogens with one attached hydrogen (secondary N) is 1. The summed E-state index contributed by atoms with van der Waals surface area (Å²) in [6.45, 7) is 2.17. The first-order valence-electron chi connectivity index (χ1n) is 7.26. The third-order valence-corrected chi connectivity index (χ3v) is 4.79. The summed E-state index contributed by atoms with van der Waals surface area (Å²) in [5.41, 5.74) is 0.251. The third-order valence-electron chi connectivity index (χ3n) is 4.10. The molecular formula is C15H19BrN2O3. The Morgan fingerprint density at radius 3 is 2.90 bits per heavy atom. The first-order valence-corrected chi connectivity index (χ1v) is 8.05. The second-order valence-corrected chi connectivity index (χ2v) is 6.39. The van der Waals surface area contributed by atoms with E-state index in [1.165, 1.54) is 18.6 Å². The molecule has 0 aliphatic heterocycles. The van der Waals surface area contributed by atoms with Gasteiger partial charge in [0, 0.05) is 22.6 Å². The van der Waals surface area contributed by atoms with Crippen molar-refractivity contribution in [3.05, 3.63) is 38.3 Å². The standard InChI is InChI=1S/C15H19BrN2O3/c1-2-10-4-3-5-11(8-10)17-15(19)13-9-12(18(20)21)6-7-14(13)16/h6-7,9-11H,2-5,8H2,1H3,(H,17,19). The summed E-state index contributed by atoms with van der Waals surface area (Å²) in [4.78, 5) is 22.7. The van der Waals surface area contributed by atoms with Gasteiger partial charge < -0.3 is 5.32 Å². The van der Waals surface area contributed by atoms with E-state index in [1.807, 2.05) is 0 Å². The molecule has 1 amide bonds. The van der Waals surface area contributed by atoms with Crippen LogP contribution < -0.4 is 5.32 Å². The smallest absolute Gasteiger partial charge is 0.270 e. The second-order valence-electron chi connectivity index (χ2n) is 5.53. The highest BCUT2D eigenvalue weighted by Crippen LogP contribution is 2.28. The van der Waals surface area contributed by atoms with Crippen molar-refractivity contribution in [2.24, 2.45) is 5.92 Å². The number of halogens is 1. The van der Waals surface area contributed by atoms with Gasteiger partial charge in [0.25, 0.3) is 11.6 Å². The molecule has 114 valence electrons. The third kappa shape index (κ3) is 4.03. The second kappa shape index (κ2) is 7.02. The van der Waals surface area contributed by atoms with Gasteiger partial charge in [0.2, 0.25) is 0 Å². The van der Waals surface area contributed by atoms with E-state index >= 15 is 0 Å². The summed E-state index contributed by atoms with van der Waals surface area (Å²) in [7, 11) is 0. The lowest BCUT2D eigenvalue weighted by atomic mass is 9.84. The van der Waals surface area contributed by atoms with Crippen molar-refractivity contribution in [1.82, 2.24) is 5.32 Å². The van der Waals surface area contributed by atoms with E-state index in [9.17, 15) is 14.9 Å². The number of carbonyl (C=O) groups is 1. The van der Waals surface area contributed by atoms with Crippen molar-refractivity contribution in [2.75, 3.05) is 0 Å². The fraction of sp³-hybridized carbons (Fsp3) is 0.533. The zero-order valence-corrected chi connectivity index (χ0v) is 13.6. The topological polar surface area (TPSA) is 72.2 Å². The lowest BCUT2D eigenvalue weighted by molar-refractivity contribution is -0.384. The molecule has 1 aliphatic carbocycles. The summed E-state index contributed by atoms with van der Waals surface area (Å²) in [6, 6.07) is 4.42. The molecule has 1 aromatic carbocycles. The molecule has 1 aromatic rings. The van der Waals surface area contributed by atoms with Crippen LogP contribution in [0.1, 0.15) is 49.4 Å². The molecule has 0 spiro atoms. The molecule has 0 aromatic heterocycles. The largest absolute Gasteiger partial charge is 0.349 e. The van der Waals surface area contributed by atoms with Crippen LogP contribution in [0.4, 0.5) is 5.69 Å². The molecule has 0 heterocycles. The van der Waals surface area contributed by atoms with Crippen molar-refractivity contribution < 1.29 is 9.72 Å². The number of hydrogen-bond donors (Lipinski definition) is 1. The highest BCUT2D eigenvalue weighted by atomic mass is 79.9. The molecule has 1 fully saturated rings. The predicted octanol–water partition coefficient (Wildman–Crippen LogP) is 4.06. The molecule has 1 saturated carbocycles. The summed E-state index contributed by atoms with van der Waals surface area (Å²) >= 11 is 3.29. The van der Waals surface area contributed by atoms with Crippen LogP contribution in [0.5, 0.6) is 0 Å². The van der Waals surface area contributed by atoms with Crippen molar-refractivity contribution in [1.29, 1.82) is 0 Å². The van der Waals surface area contributed by atoms with Gasteiger partial charge in [-0.15, -0.1) is 0 Å². The van der Waals surface area contributed by atoms with Gasteiger partial charge in [0.15, 0.2) is 0 Å². The van der Waals surface area contributed by atoms with Gasteiger partial charge >= 0.3 is 0 Å². The quantitative estimate of drug-likeness (QED) is 0.654. The molecule has 2 atom stereocenters. The number of rotatable bonds is 4. The molecular weight excluding hydrogens is 336 g/mol. The summed E-state index contributed by atoms with van der Waals surface area (Å²) in [5, 5.41) is 13.8. The lowest BCUT2D eigenvalue weighted by Crippen LogP contribution is -2.38. The molecule has 21 heavy (non-hydrogen) atoms. The van der Waals surface area contributed by atoms with Crippen LogP contribution in [-0.2, 0) is 0 Å². The first-order chi connectivity index (χ1) is 10.0. The lowest BCUT2D eigenvalue weighted by Gasteiger charge is -2.29. The molecule has 6 heteroatoms. The Morgan fingerprint density at radius 2 is 2.24 bits per heavy atom. The zero-order valence-electron chi connectivity index (χ0n) is 12.0. The number of nitro benzene ring substituents is 1. The van der Waals surface area contributed by atoms with Crippen molar-refractivity contribution >= 4 is 27.5 Å². The Morgan fingerprint density at radius 1 is 1.48 bits per heavy atom. The Labute approximate surface area is 132 Å². The Bertz CT molecular complexity index is 548.